The molecule has 8 nitrogen and oxygen atoms in total. The molecule has 0 aliphatic carbocycles. The van der Waals surface area contributed by atoms with E-state index >= 15 is 0 Å². The largest absolute Gasteiger partial charge is 0.416 e. The summed E-state index contributed by atoms with van der Waals surface area (Å²) in [5.74, 6) is 0.0991. The van der Waals surface area contributed by atoms with Gasteiger partial charge < -0.3 is 4.90 Å². The summed E-state index contributed by atoms with van der Waals surface area (Å²) >= 11 is 0. The molecule has 2 fully saturated rings. The lowest BCUT2D eigenvalue weighted by atomic mass is 10.1. The van der Waals surface area contributed by atoms with Crippen molar-refractivity contribution in [1.82, 2.24) is 29.1 Å². The molecule has 1 unspecified atom stereocenters. The van der Waals surface area contributed by atoms with Crippen molar-refractivity contribution >= 4 is 10.0 Å². The van der Waals surface area contributed by atoms with Crippen molar-refractivity contribution in [2.75, 3.05) is 45.0 Å². The van der Waals surface area contributed by atoms with Gasteiger partial charge in [0.05, 0.1) is 36.3 Å². The molecule has 0 saturated carbocycles. The Morgan fingerprint density at radius 1 is 1.06 bits per heavy atom. The summed E-state index contributed by atoms with van der Waals surface area (Å²) in [5.41, 5.74) is 0.203. The number of halogens is 3. The number of sulfonamides is 1. The highest BCUT2D eigenvalue weighted by atomic mass is 32.2. The van der Waals surface area contributed by atoms with Gasteiger partial charge in [-0.3, -0.25) is 4.90 Å². The number of piperazine rings is 1. The number of hydrogen-bond donors (Lipinski definition) is 0. The van der Waals surface area contributed by atoms with Gasteiger partial charge in [-0.2, -0.15) is 17.5 Å². The Morgan fingerprint density at radius 3 is 2.56 bits per heavy atom. The van der Waals surface area contributed by atoms with Crippen LogP contribution in [0.15, 0.2) is 30.5 Å². The van der Waals surface area contributed by atoms with E-state index in [1.165, 1.54) is 40.7 Å². The van der Waals surface area contributed by atoms with Crippen molar-refractivity contribution in [3.05, 3.63) is 47.3 Å². The zero-order valence-electron chi connectivity index (χ0n) is 20.7. The Labute approximate surface area is 211 Å². The van der Waals surface area contributed by atoms with Crippen LogP contribution in [0.2, 0.25) is 0 Å². The second-order valence-electron chi connectivity index (χ2n) is 9.77. The monoisotopic (exact) mass is 528 g/mol. The highest BCUT2D eigenvalue weighted by Gasteiger charge is 2.40. The van der Waals surface area contributed by atoms with Crippen LogP contribution in [0.1, 0.15) is 49.4 Å². The van der Waals surface area contributed by atoms with Crippen LogP contribution in [0.3, 0.4) is 0 Å². The zero-order valence-corrected chi connectivity index (χ0v) is 21.5. The van der Waals surface area contributed by atoms with Gasteiger partial charge >= 0.3 is 6.18 Å². The molecule has 0 bridgehead atoms. The Morgan fingerprint density at radius 2 is 1.83 bits per heavy atom. The summed E-state index contributed by atoms with van der Waals surface area (Å²) in [7, 11) is -3.41. The van der Waals surface area contributed by atoms with E-state index < -0.39 is 21.8 Å². The molecule has 2 aliphatic rings. The van der Waals surface area contributed by atoms with E-state index in [4.69, 9.17) is 0 Å². The van der Waals surface area contributed by atoms with Crippen LogP contribution in [0.4, 0.5) is 13.2 Å². The minimum Gasteiger partial charge on any atom is -0.301 e. The molecule has 3 heterocycles. The van der Waals surface area contributed by atoms with Crippen LogP contribution in [-0.2, 0) is 29.3 Å². The average molecular weight is 529 g/mol. The van der Waals surface area contributed by atoms with Crippen molar-refractivity contribution in [2.45, 2.75) is 57.9 Å². The minimum absolute atomic E-state index is 0.0441. The predicted molar refractivity (Wildman–Crippen MR) is 131 cm³/mol. The number of hydrogen-bond acceptors (Lipinski definition) is 6. The average Bonchev–Trinajstić information content (AvgIpc) is 3.40. The highest BCUT2D eigenvalue weighted by molar-refractivity contribution is 7.89. The van der Waals surface area contributed by atoms with Gasteiger partial charge in [-0.1, -0.05) is 43.5 Å². The van der Waals surface area contributed by atoms with E-state index in [-0.39, 0.29) is 24.9 Å². The maximum absolute atomic E-state index is 13.0. The molecule has 0 radical (unpaired) electrons. The quantitative estimate of drug-likeness (QED) is 0.442. The third-order valence-electron chi connectivity index (χ3n) is 6.99. The highest BCUT2D eigenvalue weighted by Crippen LogP contribution is 2.29. The Kier molecular flexibility index (Phi) is 8.69. The fourth-order valence-electron chi connectivity index (χ4n) is 4.95. The molecule has 36 heavy (non-hydrogen) atoms. The van der Waals surface area contributed by atoms with Crippen molar-refractivity contribution < 1.29 is 21.6 Å². The molecular formula is C24H35F3N6O2S. The Balaban J connectivity index is 1.29. The first-order valence-electron chi connectivity index (χ1n) is 12.6. The summed E-state index contributed by atoms with van der Waals surface area (Å²) in [6.07, 6.45) is 2.16. The normalized spacial score (nSPS) is 21.8. The summed E-state index contributed by atoms with van der Waals surface area (Å²) in [5, 5.41) is 8.06. The SMILES string of the molecule is CCCCCCN1CCN(C2CN(Cc3cn(Cc4cccc(C(F)(F)F)c4)nn3)S(=O)(=O)C2)CC1. The number of nitrogens with zero attached hydrogens (tertiary/aromatic N) is 6. The van der Waals surface area contributed by atoms with Gasteiger partial charge in [-0.05, 0) is 30.7 Å². The van der Waals surface area contributed by atoms with E-state index in [9.17, 15) is 21.6 Å². The van der Waals surface area contributed by atoms with Gasteiger partial charge in [0.25, 0.3) is 0 Å². The number of alkyl halides is 3. The minimum atomic E-state index is -4.41. The fraction of sp³-hybridized carbons (Fsp3) is 0.667. The number of benzene rings is 1. The van der Waals surface area contributed by atoms with E-state index in [1.54, 1.807) is 12.3 Å². The lowest BCUT2D eigenvalue weighted by molar-refractivity contribution is -0.137. The van der Waals surface area contributed by atoms with Gasteiger partial charge in [-0.25, -0.2) is 13.1 Å². The second-order valence-corrected chi connectivity index (χ2v) is 11.8. The second kappa shape index (κ2) is 11.6. The molecule has 2 saturated heterocycles. The van der Waals surface area contributed by atoms with Crippen LogP contribution in [0.25, 0.3) is 0 Å². The summed E-state index contributed by atoms with van der Waals surface area (Å²) in [6, 6.07) is 5.02. The molecule has 1 aromatic heterocycles. The topological polar surface area (TPSA) is 74.6 Å². The molecule has 2 aromatic rings. The van der Waals surface area contributed by atoms with Crippen LogP contribution in [-0.4, -0.2) is 88.6 Å². The van der Waals surface area contributed by atoms with Gasteiger partial charge in [-0.15, -0.1) is 5.10 Å². The van der Waals surface area contributed by atoms with Gasteiger partial charge in [0, 0.05) is 38.8 Å². The van der Waals surface area contributed by atoms with Crippen molar-refractivity contribution in [3.63, 3.8) is 0 Å². The number of rotatable bonds is 10. The predicted octanol–water partition coefficient (Wildman–Crippen LogP) is 3.06. The maximum atomic E-state index is 13.0. The fourth-order valence-corrected chi connectivity index (χ4v) is 6.69. The Bertz CT molecular complexity index is 1100. The summed E-state index contributed by atoms with van der Waals surface area (Å²) in [4.78, 5) is 4.75. The van der Waals surface area contributed by atoms with Gasteiger partial charge in [0.1, 0.15) is 0 Å². The van der Waals surface area contributed by atoms with Crippen LogP contribution < -0.4 is 0 Å². The van der Waals surface area contributed by atoms with E-state index in [2.05, 4.69) is 27.0 Å². The van der Waals surface area contributed by atoms with E-state index in [0.717, 1.165) is 44.9 Å². The van der Waals surface area contributed by atoms with Crippen LogP contribution in [0.5, 0.6) is 0 Å². The van der Waals surface area contributed by atoms with Gasteiger partial charge in [0.2, 0.25) is 10.0 Å². The van der Waals surface area contributed by atoms with Crippen molar-refractivity contribution in [3.8, 4) is 0 Å². The van der Waals surface area contributed by atoms with E-state index in [1.807, 2.05) is 0 Å². The molecule has 2 aliphatic heterocycles. The number of unbranched alkanes of at least 4 members (excludes halogenated alkanes) is 3. The first kappa shape index (κ1) is 27.0. The first-order chi connectivity index (χ1) is 17.1. The summed E-state index contributed by atoms with van der Waals surface area (Å²) in [6.45, 7) is 7.63. The molecule has 0 N–H and O–H groups in total. The molecule has 12 heteroatoms. The van der Waals surface area contributed by atoms with Crippen LogP contribution >= 0.6 is 0 Å². The third kappa shape index (κ3) is 7.05. The van der Waals surface area contributed by atoms with Crippen molar-refractivity contribution in [2.24, 2.45) is 0 Å². The zero-order chi connectivity index (χ0) is 25.8. The smallest absolute Gasteiger partial charge is 0.301 e. The maximum Gasteiger partial charge on any atom is 0.416 e. The molecular weight excluding hydrogens is 493 g/mol. The molecule has 0 spiro atoms. The summed E-state index contributed by atoms with van der Waals surface area (Å²) < 4.78 is 67.5. The Hall–Kier alpha value is -2.02. The first-order valence-corrected chi connectivity index (χ1v) is 14.2. The number of aromatic nitrogens is 3. The third-order valence-corrected chi connectivity index (χ3v) is 8.86. The molecule has 4 rings (SSSR count). The lowest BCUT2D eigenvalue weighted by Gasteiger charge is -2.37. The standard InChI is InChI=1S/C24H35F3N6O2S/c1-2-3-4-5-9-30-10-12-31(13-11-30)23-18-33(36(34,35)19-23)17-22-16-32(29-28-22)15-20-7-6-8-21(14-20)24(25,26)27/h6-8,14,16,23H,2-5,9-13,15,17-19H2,1H3. The van der Waals surface area contributed by atoms with Crippen LogP contribution in [0, 0.1) is 0 Å². The molecule has 200 valence electrons. The van der Waals surface area contributed by atoms with Gasteiger partial charge in [0.15, 0.2) is 0 Å². The lowest BCUT2D eigenvalue weighted by Crippen LogP contribution is -2.51. The molecule has 1 aromatic carbocycles. The molecule has 0 amide bonds. The molecule has 1 atom stereocenters. The van der Waals surface area contributed by atoms with Crippen molar-refractivity contribution in [1.29, 1.82) is 0 Å². The van der Waals surface area contributed by atoms with E-state index in [0.29, 0.717) is 17.8 Å².